The van der Waals surface area contributed by atoms with Gasteiger partial charge in [0.05, 0.1) is 6.61 Å². The average Bonchev–Trinajstić information content (AvgIpc) is 3.13. The summed E-state index contributed by atoms with van der Waals surface area (Å²) in [6.45, 7) is 12.7. The summed E-state index contributed by atoms with van der Waals surface area (Å²) < 4.78 is 7.48. The molecule has 188 valence electrons. The van der Waals surface area contributed by atoms with Crippen LogP contribution in [0.4, 0.5) is 0 Å². The molecular weight excluding hydrogens is 440 g/mol. The Labute approximate surface area is 207 Å². The van der Waals surface area contributed by atoms with Gasteiger partial charge in [-0.2, -0.15) is 0 Å². The number of hydrogen-bond donors (Lipinski definition) is 3. The number of pyridine rings is 1. The summed E-state index contributed by atoms with van der Waals surface area (Å²) in [5.41, 5.74) is 5.87. The topological polar surface area (TPSA) is 100.0 Å². The normalized spacial score (nSPS) is 11.3. The number of aromatic nitrogens is 2. The van der Waals surface area contributed by atoms with Crippen molar-refractivity contribution in [3.8, 4) is 0 Å². The second-order valence-electron chi connectivity index (χ2n) is 9.42. The molecule has 0 atom stereocenters. The van der Waals surface area contributed by atoms with Gasteiger partial charge in [0.1, 0.15) is 0 Å². The van der Waals surface area contributed by atoms with Crippen LogP contribution in [0.1, 0.15) is 84.9 Å². The van der Waals surface area contributed by atoms with Gasteiger partial charge in [0.2, 0.25) is 0 Å². The lowest BCUT2D eigenvalue weighted by atomic mass is 9.99. The lowest BCUT2D eigenvalue weighted by Crippen LogP contribution is -2.28. The fourth-order valence-electron chi connectivity index (χ4n) is 4.64. The Hall–Kier alpha value is -3.35. The van der Waals surface area contributed by atoms with E-state index in [9.17, 15) is 9.59 Å². The highest BCUT2D eigenvalue weighted by atomic mass is 16.5. The smallest absolute Gasteiger partial charge is 0.253 e. The molecule has 2 aromatic heterocycles. The van der Waals surface area contributed by atoms with Gasteiger partial charge < -0.3 is 19.6 Å². The van der Waals surface area contributed by atoms with Gasteiger partial charge in [-0.1, -0.05) is 13.3 Å². The number of carbonyl (C=O) groups is 1. The Kier molecular flexibility index (Phi) is 8.54. The number of nitrogens with zero attached hydrogens (tertiary/aromatic N) is 1. The molecular formula is C28H38N4O3. The number of aryl methyl sites for hydroxylation is 4. The van der Waals surface area contributed by atoms with Gasteiger partial charge in [0.25, 0.3) is 11.5 Å². The zero-order chi connectivity index (χ0) is 25.7. The van der Waals surface area contributed by atoms with E-state index in [0.29, 0.717) is 30.6 Å². The standard InChI is InChI=1S/C28H38N4O3/c1-7-9-21-12-19(6)31-28(34)23(21)15-30-27(33)22-13-20(10-11-25(29)35-8-2)14-24-26(22)18(5)16-32(24)17(3)4/h12-14,16-17,29H,7-11,15H2,1-6H3,(H,30,33)(H,31,34). The van der Waals surface area contributed by atoms with E-state index in [2.05, 4.69) is 47.9 Å². The molecule has 0 aliphatic carbocycles. The lowest BCUT2D eigenvalue weighted by molar-refractivity contribution is 0.0952. The van der Waals surface area contributed by atoms with Crippen LogP contribution in [0, 0.1) is 19.3 Å². The van der Waals surface area contributed by atoms with Crippen LogP contribution in [0.25, 0.3) is 10.9 Å². The minimum Gasteiger partial charge on any atom is -0.481 e. The molecule has 35 heavy (non-hydrogen) atoms. The third kappa shape index (κ3) is 6.02. The summed E-state index contributed by atoms with van der Waals surface area (Å²) in [7, 11) is 0. The largest absolute Gasteiger partial charge is 0.481 e. The zero-order valence-corrected chi connectivity index (χ0v) is 21.8. The van der Waals surface area contributed by atoms with Gasteiger partial charge in [0.15, 0.2) is 5.90 Å². The summed E-state index contributed by atoms with van der Waals surface area (Å²) in [4.78, 5) is 29.0. The van der Waals surface area contributed by atoms with Gasteiger partial charge in [-0.3, -0.25) is 15.0 Å². The molecule has 0 saturated heterocycles. The number of amides is 1. The number of nitrogens with one attached hydrogen (secondary N) is 3. The van der Waals surface area contributed by atoms with Crippen molar-refractivity contribution in [1.82, 2.24) is 14.9 Å². The van der Waals surface area contributed by atoms with Gasteiger partial charge in [-0.25, -0.2) is 0 Å². The Bertz CT molecular complexity index is 1280. The SMILES string of the molecule is CCCc1cc(C)[nH]c(=O)c1CNC(=O)c1cc(CCC(=N)OCC)cc2c1c(C)cn2C(C)C. The predicted molar refractivity (Wildman–Crippen MR) is 142 cm³/mol. The summed E-state index contributed by atoms with van der Waals surface area (Å²) in [5, 5.41) is 11.9. The van der Waals surface area contributed by atoms with Crippen molar-refractivity contribution in [3.05, 3.63) is 68.3 Å². The van der Waals surface area contributed by atoms with Gasteiger partial charge in [0, 0.05) is 52.9 Å². The number of carbonyl (C=O) groups excluding carboxylic acids is 1. The van der Waals surface area contributed by atoms with Crippen molar-refractivity contribution in [2.24, 2.45) is 0 Å². The molecule has 3 N–H and O–H groups in total. The van der Waals surface area contributed by atoms with Crippen LogP contribution in [0.3, 0.4) is 0 Å². The first-order chi connectivity index (χ1) is 16.7. The zero-order valence-electron chi connectivity index (χ0n) is 21.8. The fourth-order valence-corrected chi connectivity index (χ4v) is 4.64. The van der Waals surface area contributed by atoms with Crippen LogP contribution in [0.2, 0.25) is 0 Å². The second kappa shape index (κ2) is 11.4. The number of fused-ring (bicyclic) bond motifs is 1. The monoisotopic (exact) mass is 478 g/mol. The van der Waals surface area contributed by atoms with Crippen LogP contribution in [-0.2, 0) is 24.1 Å². The average molecular weight is 479 g/mol. The summed E-state index contributed by atoms with van der Waals surface area (Å²) in [5.74, 6) is 0.0415. The molecule has 0 saturated carbocycles. The molecule has 0 radical (unpaired) electrons. The van der Waals surface area contributed by atoms with E-state index < -0.39 is 0 Å². The van der Waals surface area contributed by atoms with Gasteiger partial charge in [-0.05, 0) is 82.3 Å². The Balaban J connectivity index is 1.98. The van der Waals surface area contributed by atoms with Crippen LogP contribution >= 0.6 is 0 Å². The van der Waals surface area contributed by atoms with E-state index in [4.69, 9.17) is 10.1 Å². The molecule has 3 rings (SSSR count). The maximum atomic E-state index is 13.5. The Morgan fingerprint density at radius 3 is 2.57 bits per heavy atom. The number of ether oxygens (including phenoxy) is 1. The third-order valence-corrected chi connectivity index (χ3v) is 6.25. The second-order valence-corrected chi connectivity index (χ2v) is 9.42. The van der Waals surface area contributed by atoms with Crippen molar-refractivity contribution in [2.75, 3.05) is 6.61 Å². The molecule has 1 aromatic carbocycles. The van der Waals surface area contributed by atoms with Crippen molar-refractivity contribution < 1.29 is 9.53 Å². The van der Waals surface area contributed by atoms with Crippen molar-refractivity contribution in [1.29, 1.82) is 5.41 Å². The van der Waals surface area contributed by atoms with Crippen LogP contribution in [-0.4, -0.2) is 28.0 Å². The van der Waals surface area contributed by atoms with Crippen molar-refractivity contribution >= 4 is 22.7 Å². The summed E-state index contributed by atoms with van der Waals surface area (Å²) in [6.07, 6.45) is 4.88. The molecule has 1 amide bonds. The maximum Gasteiger partial charge on any atom is 0.253 e. The fraction of sp³-hybridized carbons (Fsp3) is 0.464. The van der Waals surface area contributed by atoms with Crippen LogP contribution < -0.4 is 10.9 Å². The molecule has 0 aliphatic heterocycles. The maximum absolute atomic E-state index is 13.5. The molecule has 0 spiro atoms. The van der Waals surface area contributed by atoms with E-state index in [1.54, 1.807) is 0 Å². The van der Waals surface area contributed by atoms with E-state index >= 15 is 0 Å². The van der Waals surface area contributed by atoms with E-state index in [1.807, 2.05) is 32.9 Å². The number of H-pyrrole nitrogens is 1. The summed E-state index contributed by atoms with van der Waals surface area (Å²) in [6, 6.07) is 6.26. The number of benzene rings is 1. The first-order valence-corrected chi connectivity index (χ1v) is 12.5. The molecule has 0 unspecified atom stereocenters. The van der Waals surface area contributed by atoms with Crippen molar-refractivity contribution in [3.63, 3.8) is 0 Å². The van der Waals surface area contributed by atoms with Crippen LogP contribution in [0.5, 0.6) is 0 Å². The lowest BCUT2D eigenvalue weighted by Gasteiger charge is -2.14. The van der Waals surface area contributed by atoms with Crippen LogP contribution in [0.15, 0.2) is 29.2 Å². The first kappa shape index (κ1) is 26.3. The third-order valence-electron chi connectivity index (χ3n) is 6.25. The minimum absolute atomic E-state index is 0.149. The number of rotatable bonds is 10. The molecule has 0 bridgehead atoms. The van der Waals surface area contributed by atoms with E-state index in [1.165, 1.54) is 0 Å². The highest BCUT2D eigenvalue weighted by Gasteiger charge is 2.19. The van der Waals surface area contributed by atoms with Gasteiger partial charge in [-0.15, -0.1) is 0 Å². The predicted octanol–water partition coefficient (Wildman–Crippen LogP) is 5.36. The quantitative estimate of drug-likeness (QED) is 0.270. The Morgan fingerprint density at radius 2 is 1.91 bits per heavy atom. The first-order valence-electron chi connectivity index (χ1n) is 12.5. The Morgan fingerprint density at radius 1 is 1.17 bits per heavy atom. The number of aromatic amines is 1. The highest BCUT2D eigenvalue weighted by molar-refractivity contribution is 6.08. The van der Waals surface area contributed by atoms with Gasteiger partial charge >= 0.3 is 0 Å². The number of hydrogen-bond acceptors (Lipinski definition) is 4. The highest BCUT2D eigenvalue weighted by Crippen LogP contribution is 2.30. The molecule has 2 heterocycles. The molecule has 7 nitrogen and oxygen atoms in total. The molecule has 0 aliphatic rings. The van der Waals surface area contributed by atoms with Crippen molar-refractivity contribution in [2.45, 2.75) is 79.8 Å². The van der Waals surface area contributed by atoms with E-state index in [-0.39, 0.29) is 30.0 Å². The van der Waals surface area contributed by atoms with E-state index in [0.717, 1.165) is 46.1 Å². The molecule has 3 aromatic rings. The molecule has 0 fully saturated rings. The molecule has 7 heteroatoms. The summed E-state index contributed by atoms with van der Waals surface area (Å²) >= 11 is 0. The minimum atomic E-state index is -0.205.